The average molecular weight is 373 g/mol. The minimum absolute atomic E-state index is 0.133. The van der Waals surface area contributed by atoms with Crippen molar-refractivity contribution in [3.05, 3.63) is 38.2 Å². The Balaban J connectivity index is 1.94. The molecule has 8 heteroatoms. The minimum atomic E-state index is -0.598. The smallest absolute Gasteiger partial charge is 0.329 e. The van der Waals surface area contributed by atoms with Gasteiger partial charge < -0.3 is 10.2 Å². The molecular weight excluding hydrogens is 346 g/mol. The van der Waals surface area contributed by atoms with Crippen LogP contribution in [-0.2, 0) is 7.05 Å². The number of H-pyrrole nitrogens is 1. The lowest BCUT2D eigenvalue weighted by Gasteiger charge is -2.35. The highest BCUT2D eigenvalue weighted by molar-refractivity contribution is 6.05. The highest BCUT2D eigenvalue weighted by Crippen LogP contribution is 2.17. The zero-order valence-electron chi connectivity index (χ0n) is 16.4. The van der Waals surface area contributed by atoms with Gasteiger partial charge in [0.25, 0.3) is 11.5 Å². The van der Waals surface area contributed by atoms with Gasteiger partial charge in [-0.15, -0.1) is 0 Å². The minimum Gasteiger partial charge on any atom is -0.346 e. The molecular formula is C19H27N5O3. The van der Waals surface area contributed by atoms with Crippen molar-refractivity contribution < 1.29 is 4.79 Å². The summed E-state index contributed by atoms with van der Waals surface area (Å²) in [5, 5.41) is 3.19. The van der Waals surface area contributed by atoms with E-state index in [1.165, 1.54) is 30.9 Å². The van der Waals surface area contributed by atoms with Crippen LogP contribution in [0.5, 0.6) is 0 Å². The number of piperidine rings is 1. The van der Waals surface area contributed by atoms with Crippen molar-refractivity contribution in [2.75, 3.05) is 19.6 Å². The largest absolute Gasteiger partial charge is 0.346 e. The van der Waals surface area contributed by atoms with E-state index in [1.807, 2.05) is 13.8 Å². The van der Waals surface area contributed by atoms with Crippen molar-refractivity contribution in [1.82, 2.24) is 24.8 Å². The van der Waals surface area contributed by atoms with Crippen molar-refractivity contribution >= 4 is 16.9 Å². The number of nitrogens with zero attached hydrogens (tertiary/aromatic N) is 3. The number of hydrogen-bond donors (Lipinski definition) is 2. The highest BCUT2D eigenvalue weighted by atomic mass is 16.2. The van der Waals surface area contributed by atoms with Crippen LogP contribution < -0.4 is 16.6 Å². The third kappa shape index (κ3) is 4.10. The SMILES string of the molecule is Cc1cc(C(=O)NC(C)(C)CN2CCCCC2)c2c(=O)[nH]c(=O)n(C)c2n1. The summed E-state index contributed by atoms with van der Waals surface area (Å²) in [4.78, 5) is 46.1. The van der Waals surface area contributed by atoms with Gasteiger partial charge in [0.05, 0.1) is 10.9 Å². The molecule has 0 spiro atoms. The Morgan fingerprint density at radius 2 is 1.93 bits per heavy atom. The number of carbonyl (C=O) groups is 1. The summed E-state index contributed by atoms with van der Waals surface area (Å²) in [7, 11) is 1.52. The molecule has 3 rings (SSSR count). The normalized spacial score (nSPS) is 15.9. The summed E-state index contributed by atoms with van der Waals surface area (Å²) in [6.45, 7) is 8.53. The van der Waals surface area contributed by atoms with Crippen LogP contribution in [0.1, 0.15) is 49.2 Å². The van der Waals surface area contributed by atoms with Gasteiger partial charge in [0.2, 0.25) is 0 Å². The summed E-state index contributed by atoms with van der Waals surface area (Å²) < 4.78 is 1.25. The molecule has 1 saturated heterocycles. The van der Waals surface area contributed by atoms with Crippen molar-refractivity contribution in [2.45, 2.75) is 45.6 Å². The first-order chi connectivity index (χ1) is 12.7. The molecule has 0 aromatic carbocycles. The summed E-state index contributed by atoms with van der Waals surface area (Å²) in [5.74, 6) is -0.336. The maximum Gasteiger partial charge on any atom is 0.329 e. The second kappa shape index (κ2) is 7.26. The second-order valence-corrected chi connectivity index (χ2v) is 8.00. The molecule has 0 aliphatic carbocycles. The van der Waals surface area contributed by atoms with Crippen molar-refractivity contribution in [3.8, 4) is 0 Å². The first-order valence-corrected chi connectivity index (χ1v) is 9.33. The molecule has 3 heterocycles. The van der Waals surface area contributed by atoms with E-state index in [0.29, 0.717) is 5.69 Å². The lowest BCUT2D eigenvalue weighted by Crippen LogP contribution is -2.52. The molecule has 0 bridgehead atoms. The van der Waals surface area contributed by atoms with Crippen LogP contribution in [0, 0.1) is 6.92 Å². The number of fused-ring (bicyclic) bond motifs is 1. The summed E-state index contributed by atoms with van der Waals surface area (Å²) in [6, 6.07) is 1.59. The standard InChI is InChI=1S/C19H27N5O3/c1-12-10-13(14-15(20-12)23(4)18(27)21-17(14)26)16(25)22-19(2,3)11-24-8-6-5-7-9-24/h10H,5-9,11H2,1-4H3,(H,22,25)(H,21,26,27). The van der Waals surface area contributed by atoms with E-state index in [2.05, 4.69) is 20.2 Å². The Hall–Kier alpha value is -2.48. The van der Waals surface area contributed by atoms with Gasteiger partial charge in [0, 0.05) is 24.8 Å². The number of rotatable bonds is 4. The molecule has 1 aliphatic rings. The molecule has 0 atom stereocenters. The number of pyridine rings is 1. The lowest BCUT2D eigenvalue weighted by molar-refractivity contribution is 0.0879. The van der Waals surface area contributed by atoms with Crippen molar-refractivity contribution in [3.63, 3.8) is 0 Å². The van der Waals surface area contributed by atoms with Gasteiger partial charge in [-0.3, -0.25) is 19.1 Å². The molecule has 2 N–H and O–H groups in total. The van der Waals surface area contributed by atoms with Gasteiger partial charge in [-0.2, -0.15) is 0 Å². The number of amides is 1. The second-order valence-electron chi connectivity index (χ2n) is 8.00. The molecule has 0 radical (unpaired) electrons. The highest BCUT2D eigenvalue weighted by Gasteiger charge is 2.27. The maximum absolute atomic E-state index is 13.0. The molecule has 2 aromatic heterocycles. The van der Waals surface area contributed by atoms with E-state index in [9.17, 15) is 14.4 Å². The van der Waals surface area contributed by atoms with Gasteiger partial charge in [0.15, 0.2) is 0 Å². The zero-order chi connectivity index (χ0) is 19.8. The quantitative estimate of drug-likeness (QED) is 0.830. The lowest BCUT2D eigenvalue weighted by atomic mass is 10.0. The number of aromatic amines is 1. The van der Waals surface area contributed by atoms with E-state index >= 15 is 0 Å². The summed E-state index contributed by atoms with van der Waals surface area (Å²) in [6.07, 6.45) is 3.62. The van der Waals surface area contributed by atoms with E-state index in [4.69, 9.17) is 0 Å². The van der Waals surface area contributed by atoms with Gasteiger partial charge in [0.1, 0.15) is 5.65 Å². The van der Waals surface area contributed by atoms with Gasteiger partial charge in [-0.05, 0) is 52.8 Å². The van der Waals surface area contributed by atoms with E-state index < -0.39 is 16.8 Å². The Morgan fingerprint density at radius 1 is 1.26 bits per heavy atom. The number of aryl methyl sites for hydroxylation is 2. The fraction of sp³-hybridized carbons (Fsp3) is 0.579. The maximum atomic E-state index is 13.0. The first kappa shape index (κ1) is 19.3. The number of likely N-dealkylation sites (tertiary alicyclic amines) is 1. The van der Waals surface area contributed by atoms with Crippen molar-refractivity contribution in [2.24, 2.45) is 7.05 Å². The van der Waals surface area contributed by atoms with Gasteiger partial charge >= 0.3 is 5.69 Å². The monoisotopic (exact) mass is 373 g/mol. The number of nitrogens with one attached hydrogen (secondary N) is 2. The molecule has 2 aromatic rings. The summed E-state index contributed by atoms with van der Waals surface area (Å²) in [5.41, 5.74) is -0.585. The first-order valence-electron chi connectivity index (χ1n) is 9.33. The van der Waals surface area contributed by atoms with Crippen LogP contribution in [0.2, 0.25) is 0 Å². The van der Waals surface area contributed by atoms with Crippen LogP contribution >= 0.6 is 0 Å². The molecule has 0 saturated carbocycles. The Morgan fingerprint density at radius 3 is 2.59 bits per heavy atom. The van der Waals surface area contributed by atoms with Gasteiger partial charge in [-0.1, -0.05) is 6.42 Å². The fourth-order valence-electron chi connectivity index (χ4n) is 3.73. The predicted octanol–water partition coefficient (Wildman–Crippen LogP) is 0.925. The van der Waals surface area contributed by atoms with Crippen LogP contribution in [0.3, 0.4) is 0 Å². The molecule has 8 nitrogen and oxygen atoms in total. The Bertz CT molecular complexity index is 983. The average Bonchev–Trinajstić information content (AvgIpc) is 2.59. The third-order valence-corrected chi connectivity index (χ3v) is 4.96. The van der Waals surface area contributed by atoms with Crippen LogP contribution in [0.15, 0.2) is 15.7 Å². The topological polar surface area (TPSA) is 100 Å². The number of aromatic nitrogens is 3. The van der Waals surface area contributed by atoms with Crippen LogP contribution in [-0.4, -0.2) is 50.5 Å². The molecule has 0 unspecified atom stereocenters. The van der Waals surface area contributed by atoms with E-state index in [-0.39, 0.29) is 22.5 Å². The van der Waals surface area contributed by atoms with E-state index in [1.54, 1.807) is 13.0 Å². The summed E-state index contributed by atoms with van der Waals surface area (Å²) >= 11 is 0. The zero-order valence-corrected chi connectivity index (χ0v) is 16.4. The molecule has 146 valence electrons. The van der Waals surface area contributed by atoms with Crippen LogP contribution in [0.4, 0.5) is 0 Å². The Kier molecular flexibility index (Phi) is 5.19. The number of carbonyl (C=O) groups excluding carboxylic acids is 1. The predicted molar refractivity (Wildman–Crippen MR) is 104 cm³/mol. The van der Waals surface area contributed by atoms with Crippen LogP contribution in [0.25, 0.3) is 11.0 Å². The fourth-order valence-corrected chi connectivity index (χ4v) is 3.73. The molecule has 1 fully saturated rings. The molecule has 27 heavy (non-hydrogen) atoms. The van der Waals surface area contributed by atoms with E-state index in [0.717, 1.165) is 19.6 Å². The molecule has 1 amide bonds. The Labute approximate surface area is 157 Å². The van der Waals surface area contributed by atoms with Gasteiger partial charge in [-0.25, -0.2) is 9.78 Å². The third-order valence-electron chi connectivity index (χ3n) is 4.96. The molecule has 1 aliphatic heterocycles. The van der Waals surface area contributed by atoms with Crippen molar-refractivity contribution in [1.29, 1.82) is 0 Å². The number of hydrogen-bond acceptors (Lipinski definition) is 5.